The van der Waals surface area contributed by atoms with Crippen LogP contribution in [0.15, 0.2) is 194 Å². The Hall–Kier alpha value is -7.02. The van der Waals surface area contributed by atoms with Crippen molar-refractivity contribution in [2.45, 2.75) is 76.0 Å². The van der Waals surface area contributed by atoms with Crippen molar-refractivity contribution in [1.82, 2.24) is 0 Å². The topological polar surface area (TPSA) is 0 Å². The van der Waals surface area contributed by atoms with Crippen molar-refractivity contribution in [3.05, 3.63) is 261 Å². The molecule has 324 valence electrons. The van der Waals surface area contributed by atoms with Crippen molar-refractivity contribution in [2.24, 2.45) is 0 Å². The highest BCUT2D eigenvalue weighted by atomic mass is 14.2. The summed E-state index contributed by atoms with van der Waals surface area (Å²) in [5.74, 6) is 1.42. The number of fused-ring (bicyclic) bond motifs is 1. The van der Waals surface area contributed by atoms with E-state index >= 15 is 0 Å². The zero-order chi connectivity index (χ0) is 44.3. The molecule has 2 aliphatic rings. The zero-order valence-electron chi connectivity index (χ0n) is 38.2. The molecule has 0 N–H and O–H groups in total. The molecule has 2 fully saturated rings. The Morgan fingerprint density at radius 2 is 0.667 bits per heavy atom. The lowest BCUT2D eigenvalue weighted by atomic mass is 9.83. The number of hydrogen-bond donors (Lipinski definition) is 0. The SMILES string of the molecule is C(=Cc1cccc2cccc(C=Cc3ccc(C=C(c4ccccc4)c4ccc(C5CCCCC5)cc4)cc3)c12)c1ccc(C=C(c2ccccc2)c2ccc(C3CCCCC3)cc2)cc1. The monoisotopic (exact) mass is 852 g/mol. The third kappa shape index (κ3) is 10.4. The Balaban J connectivity index is 0.865. The molecule has 10 rings (SSSR count). The van der Waals surface area contributed by atoms with Gasteiger partial charge in [0.25, 0.3) is 0 Å². The Morgan fingerprint density at radius 1 is 0.303 bits per heavy atom. The van der Waals surface area contributed by atoms with Crippen LogP contribution in [0.25, 0.3) is 58.4 Å². The number of rotatable bonds is 12. The molecule has 0 radical (unpaired) electrons. The van der Waals surface area contributed by atoms with Crippen LogP contribution in [0.5, 0.6) is 0 Å². The average molecular weight is 853 g/mol. The van der Waals surface area contributed by atoms with E-state index < -0.39 is 0 Å². The van der Waals surface area contributed by atoms with E-state index in [0.717, 1.165) is 0 Å². The van der Waals surface area contributed by atoms with Gasteiger partial charge < -0.3 is 0 Å². The molecule has 2 aliphatic carbocycles. The van der Waals surface area contributed by atoms with Gasteiger partial charge in [0, 0.05) is 0 Å². The summed E-state index contributed by atoms with van der Waals surface area (Å²) < 4.78 is 0. The first-order valence-electron chi connectivity index (χ1n) is 24.5. The molecule has 0 amide bonds. The molecule has 0 spiro atoms. The van der Waals surface area contributed by atoms with E-state index in [0.29, 0.717) is 11.8 Å². The summed E-state index contributed by atoms with van der Waals surface area (Å²) in [5, 5.41) is 2.50. The lowest BCUT2D eigenvalue weighted by molar-refractivity contribution is 0.443. The van der Waals surface area contributed by atoms with E-state index in [1.165, 1.54) is 153 Å². The fourth-order valence-electron chi connectivity index (χ4n) is 10.4. The van der Waals surface area contributed by atoms with Crippen molar-refractivity contribution >= 4 is 58.4 Å². The first-order valence-corrected chi connectivity index (χ1v) is 24.5. The fraction of sp³-hybridized carbons (Fsp3) is 0.182. The molecule has 2 saturated carbocycles. The maximum Gasteiger partial charge on any atom is -0.00389 e. The predicted molar refractivity (Wildman–Crippen MR) is 286 cm³/mol. The average Bonchev–Trinajstić information content (AvgIpc) is 3.40. The molecule has 0 saturated heterocycles. The van der Waals surface area contributed by atoms with E-state index in [4.69, 9.17) is 0 Å². The van der Waals surface area contributed by atoms with Crippen LogP contribution in [0, 0.1) is 0 Å². The second-order valence-corrected chi connectivity index (χ2v) is 18.6. The quantitative estimate of drug-likeness (QED) is 0.107. The van der Waals surface area contributed by atoms with Crippen molar-refractivity contribution in [3.63, 3.8) is 0 Å². The minimum Gasteiger partial charge on any atom is -0.0622 e. The van der Waals surface area contributed by atoms with Gasteiger partial charge in [-0.2, -0.15) is 0 Å². The molecule has 8 aromatic rings. The van der Waals surface area contributed by atoms with Crippen molar-refractivity contribution in [2.75, 3.05) is 0 Å². The maximum absolute atomic E-state index is 2.37. The number of hydrogen-bond acceptors (Lipinski definition) is 0. The van der Waals surface area contributed by atoms with Crippen molar-refractivity contribution in [3.8, 4) is 0 Å². The van der Waals surface area contributed by atoms with Crippen LogP contribution in [0.4, 0.5) is 0 Å². The second-order valence-electron chi connectivity index (χ2n) is 18.6. The summed E-state index contributed by atoms with van der Waals surface area (Å²) >= 11 is 0. The molecule has 0 bridgehead atoms. The summed E-state index contributed by atoms with van der Waals surface area (Å²) in [5.41, 5.74) is 17.7. The molecule has 0 heteroatoms. The smallest absolute Gasteiger partial charge is 0.00389 e. The largest absolute Gasteiger partial charge is 0.0622 e. The van der Waals surface area contributed by atoms with Crippen LogP contribution >= 0.6 is 0 Å². The van der Waals surface area contributed by atoms with Crippen LogP contribution < -0.4 is 0 Å². The Kier molecular flexibility index (Phi) is 13.6. The molecule has 0 nitrogen and oxygen atoms in total. The van der Waals surface area contributed by atoms with Gasteiger partial charge in [0.2, 0.25) is 0 Å². The Bertz CT molecular complexity index is 2750. The summed E-state index contributed by atoms with van der Waals surface area (Å²) in [6.45, 7) is 0. The summed E-state index contributed by atoms with van der Waals surface area (Å²) in [6.07, 6.45) is 27.2. The van der Waals surface area contributed by atoms with E-state index in [9.17, 15) is 0 Å². The summed E-state index contributed by atoms with van der Waals surface area (Å²) in [4.78, 5) is 0. The van der Waals surface area contributed by atoms with Gasteiger partial charge >= 0.3 is 0 Å². The molecule has 0 aliphatic heterocycles. The second kappa shape index (κ2) is 20.9. The van der Waals surface area contributed by atoms with Gasteiger partial charge in [-0.1, -0.05) is 257 Å². The normalized spacial score (nSPS) is 15.5. The summed E-state index contributed by atoms with van der Waals surface area (Å²) in [7, 11) is 0. The molecule has 66 heavy (non-hydrogen) atoms. The van der Waals surface area contributed by atoms with Gasteiger partial charge in [0.1, 0.15) is 0 Å². The van der Waals surface area contributed by atoms with Gasteiger partial charge in [0.05, 0.1) is 0 Å². The lowest BCUT2D eigenvalue weighted by Crippen LogP contribution is -2.04. The first kappa shape index (κ1) is 42.9. The summed E-state index contributed by atoms with van der Waals surface area (Å²) in [6, 6.07) is 71.6. The van der Waals surface area contributed by atoms with Gasteiger partial charge in [-0.3, -0.25) is 0 Å². The van der Waals surface area contributed by atoms with E-state index in [-0.39, 0.29) is 0 Å². The van der Waals surface area contributed by atoms with E-state index in [1.807, 2.05) is 0 Å². The van der Waals surface area contributed by atoms with Crippen LogP contribution in [-0.4, -0.2) is 0 Å². The van der Waals surface area contributed by atoms with Crippen LogP contribution in [0.3, 0.4) is 0 Å². The standard InChI is InChI=1S/C66H60/c1-5-15-53(16-6-1)55-39-43-59(44-40-55)64(57-19-9-3-10-20-57)47-51-31-27-49(28-32-51)35-37-62-25-13-23-61-24-14-26-63(66(61)62)38-36-50-29-33-52(34-30-50)48-65(58-21-11-4-12-22-58)60-45-41-56(42-46-60)54-17-7-2-8-18-54/h3-4,9-14,19-48,53-54H,1-2,5-8,15-18H2. The minimum absolute atomic E-state index is 0.709. The lowest BCUT2D eigenvalue weighted by Gasteiger charge is -2.22. The highest BCUT2D eigenvalue weighted by Gasteiger charge is 2.17. The highest BCUT2D eigenvalue weighted by molar-refractivity contribution is 6.00. The first-order chi connectivity index (χ1) is 32.7. The molecule has 0 aromatic heterocycles. The molecular weight excluding hydrogens is 793 g/mol. The van der Waals surface area contributed by atoms with Gasteiger partial charge in [-0.25, -0.2) is 0 Å². The van der Waals surface area contributed by atoms with Crippen molar-refractivity contribution in [1.29, 1.82) is 0 Å². The number of benzene rings is 8. The van der Waals surface area contributed by atoms with Gasteiger partial charge in [-0.15, -0.1) is 0 Å². The molecule has 0 heterocycles. The Labute approximate surface area is 393 Å². The molecule has 0 atom stereocenters. The van der Waals surface area contributed by atoms with Crippen LogP contribution in [0.2, 0.25) is 0 Å². The maximum atomic E-state index is 2.37. The zero-order valence-corrected chi connectivity index (χ0v) is 38.2. The van der Waals surface area contributed by atoms with E-state index in [2.05, 4.69) is 231 Å². The van der Waals surface area contributed by atoms with E-state index in [1.54, 1.807) is 0 Å². The molecule has 8 aromatic carbocycles. The van der Waals surface area contributed by atoms with Crippen molar-refractivity contribution < 1.29 is 0 Å². The minimum atomic E-state index is 0.709. The highest BCUT2D eigenvalue weighted by Crippen LogP contribution is 2.36. The van der Waals surface area contributed by atoms with Crippen LogP contribution in [0.1, 0.15) is 143 Å². The predicted octanol–water partition coefficient (Wildman–Crippen LogP) is 18.5. The Morgan fingerprint density at radius 3 is 1.06 bits per heavy atom. The molecule has 0 unspecified atom stereocenters. The molecular formula is C66H60. The third-order valence-corrected chi connectivity index (χ3v) is 14.1. The third-order valence-electron chi connectivity index (χ3n) is 14.1. The van der Waals surface area contributed by atoms with Crippen LogP contribution in [-0.2, 0) is 0 Å². The van der Waals surface area contributed by atoms with Gasteiger partial charge in [-0.05, 0) is 138 Å². The fourth-order valence-corrected chi connectivity index (χ4v) is 10.4. The van der Waals surface area contributed by atoms with Gasteiger partial charge in [0.15, 0.2) is 0 Å².